The number of ether oxygens (including phenoxy) is 1. The Morgan fingerprint density at radius 3 is 2.80 bits per heavy atom. The van der Waals surface area contributed by atoms with Gasteiger partial charge in [-0.25, -0.2) is 8.42 Å². The first-order chi connectivity index (χ1) is 9.37. The fraction of sp³-hybridized carbons (Fsp3) is 0.667. The molecule has 1 fully saturated rings. The molecule has 1 N–H and O–H groups in total. The molecule has 2 atom stereocenters. The second-order valence-corrected chi connectivity index (χ2v) is 7.52. The van der Waals surface area contributed by atoms with Crippen LogP contribution in [0.15, 0.2) is 20.0 Å². The van der Waals surface area contributed by atoms with Crippen molar-refractivity contribution in [2.75, 3.05) is 20.7 Å². The van der Waals surface area contributed by atoms with Crippen LogP contribution in [0.5, 0.6) is 0 Å². The van der Waals surface area contributed by atoms with Gasteiger partial charge in [0.1, 0.15) is 10.7 Å². The van der Waals surface area contributed by atoms with Crippen LogP contribution in [0, 0.1) is 0 Å². The lowest BCUT2D eigenvalue weighted by molar-refractivity contribution is 0.102. The van der Waals surface area contributed by atoms with Crippen LogP contribution in [0.2, 0.25) is 0 Å². The number of rotatable bonds is 5. The molecular formula is C12H19BrN2O4S. The second kappa shape index (κ2) is 6.15. The Morgan fingerprint density at radius 2 is 2.25 bits per heavy atom. The summed E-state index contributed by atoms with van der Waals surface area (Å²) >= 11 is 3.18. The van der Waals surface area contributed by atoms with Crippen LogP contribution in [-0.4, -0.2) is 45.6 Å². The first-order valence-electron chi connectivity index (χ1n) is 6.40. The number of halogens is 1. The molecule has 20 heavy (non-hydrogen) atoms. The lowest BCUT2D eigenvalue weighted by Gasteiger charge is -2.25. The Balaban J connectivity index is 2.29. The number of sulfonamides is 1. The van der Waals surface area contributed by atoms with Crippen LogP contribution in [-0.2, 0) is 21.3 Å². The van der Waals surface area contributed by atoms with Crippen LogP contribution in [0.3, 0.4) is 0 Å². The minimum absolute atomic E-state index is 0.0998. The minimum Gasteiger partial charge on any atom is -0.452 e. The molecule has 0 amide bonds. The first-order valence-corrected chi connectivity index (χ1v) is 8.63. The van der Waals surface area contributed by atoms with Gasteiger partial charge in [0.25, 0.3) is 0 Å². The maximum Gasteiger partial charge on any atom is 0.247 e. The normalized spacial score (nSPS) is 23.6. The van der Waals surface area contributed by atoms with Gasteiger partial charge >= 0.3 is 0 Å². The molecule has 1 aliphatic rings. The molecule has 0 saturated carbocycles. The molecule has 0 spiro atoms. The van der Waals surface area contributed by atoms with E-state index in [0.717, 1.165) is 0 Å². The highest BCUT2D eigenvalue weighted by atomic mass is 79.9. The Kier molecular flexibility index (Phi) is 4.91. The van der Waals surface area contributed by atoms with Crippen molar-refractivity contribution in [3.63, 3.8) is 0 Å². The summed E-state index contributed by atoms with van der Waals surface area (Å²) in [5, 5.41) is 2.92. The zero-order chi connectivity index (χ0) is 14.9. The summed E-state index contributed by atoms with van der Waals surface area (Å²) in [7, 11) is -0.241. The predicted octanol–water partition coefficient (Wildman–Crippen LogP) is 1.56. The molecule has 0 bridgehead atoms. The van der Waals surface area contributed by atoms with Crippen molar-refractivity contribution in [2.45, 2.75) is 36.9 Å². The van der Waals surface area contributed by atoms with Crippen molar-refractivity contribution < 1.29 is 17.6 Å². The zero-order valence-corrected chi connectivity index (χ0v) is 14.1. The molecule has 1 aliphatic heterocycles. The van der Waals surface area contributed by atoms with E-state index in [1.165, 1.54) is 4.31 Å². The van der Waals surface area contributed by atoms with E-state index < -0.39 is 10.0 Å². The largest absolute Gasteiger partial charge is 0.452 e. The van der Waals surface area contributed by atoms with Crippen LogP contribution in [0.25, 0.3) is 0 Å². The summed E-state index contributed by atoms with van der Waals surface area (Å²) in [6.45, 7) is 2.95. The van der Waals surface area contributed by atoms with Crippen molar-refractivity contribution in [3.8, 4) is 0 Å². The molecule has 2 rings (SSSR count). The van der Waals surface area contributed by atoms with Gasteiger partial charge < -0.3 is 14.5 Å². The van der Waals surface area contributed by atoms with Gasteiger partial charge in [0, 0.05) is 19.7 Å². The summed E-state index contributed by atoms with van der Waals surface area (Å²) in [6, 6.07) is 1.40. The standard InChI is InChI=1S/C12H19BrN2O4S/c1-8-10(4-5-18-8)15(3)20(16,17)11-6-9(7-14-2)19-12(11)13/h6,8,10,14H,4-5,7H2,1-3H3. The molecule has 2 heterocycles. The minimum atomic E-state index is -3.60. The van der Waals surface area contributed by atoms with Gasteiger partial charge in [-0.1, -0.05) is 0 Å². The molecule has 0 aromatic carbocycles. The molecule has 114 valence electrons. The van der Waals surface area contributed by atoms with Crippen LogP contribution in [0.4, 0.5) is 0 Å². The van der Waals surface area contributed by atoms with Gasteiger partial charge in [0.15, 0.2) is 4.67 Å². The zero-order valence-electron chi connectivity index (χ0n) is 11.7. The quantitative estimate of drug-likeness (QED) is 0.855. The van der Waals surface area contributed by atoms with Crippen molar-refractivity contribution in [1.29, 1.82) is 0 Å². The number of hydrogen-bond acceptors (Lipinski definition) is 5. The third kappa shape index (κ3) is 2.94. The van der Waals surface area contributed by atoms with Crippen molar-refractivity contribution >= 4 is 26.0 Å². The van der Waals surface area contributed by atoms with Gasteiger partial charge in [0.05, 0.1) is 18.7 Å². The van der Waals surface area contributed by atoms with Gasteiger partial charge in [-0.2, -0.15) is 4.31 Å². The number of furan rings is 1. The lowest BCUT2D eigenvalue weighted by Crippen LogP contribution is -2.40. The number of likely N-dealkylation sites (N-methyl/N-ethyl adjacent to an activating group) is 1. The van der Waals surface area contributed by atoms with Crippen molar-refractivity contribution in [2.24, 2.45) is 0 Å². The highest BCUT2D eigenvalue weighted by Crippen LogP contribution is 2.31. The SMILES string of the molecule is CNCc1cc(S(=O)(=O)N(C)C2CCOC2C)c(Br)o1. The van der Waals surface area contributed by atoms with E-state index in [0.29, 0.717) is 25.3 Å². The van der Waals surface area contributed by atoms with E-state index in [1.54, 1.807) is 20.2 Å². The van der Waals surface area contributed by atoms with E-state index in [4.69, 9.17) is 9.15 Å². The fourth-order valence-corrected chi connectivity index (χ4v) is 4.77. The van der Waals surface area contributed by atoms with Gasteiger partial charge in [-0.3, -0.25) is 0 Å². The van der Waals surface area contributed by atoms with E-state index in [1.807, 2.05) is 6.92 Å². The molecule has 8 heteroatoms. The average Bonchev–Trinajstić information content (AvgIpc) is 2.95. The Labute approximate surface area is 127 Å². The maximum absolute atomic E-state index is 12.7. The predicted molar refractivity (Wildman–Crippen MR) is 77.9 cm³/mol. The van der Waals surface area contributed by atoms with Gasteiger partial charge in [-0.15, -0.1) is 0 Å². The number of nitrogens with zero attached hydrogens (tertiary/aromatic N) is 1. The van der Waals surface area contributed by atoms with Crippen LogP contribution in [0.1, 0.15) is 19.1 Å². The fourth-order valence-electron chi connectivity index (χ4n) is 2.37. The molecule has 2 unspecified atom stereocenters. The summed E-state index contributed by atoms with van der Waals surface area (Å²) in [6.07, 6.45) is 0.604. The molecule has 1 aromatic rings. The first kappa shape index (κ1) is 16.0. The average molecular weight is 367 g/mol. The summed E-state index contributed by atoms with van der Waals surface area (Å²) in [4.78, 5) is 0.157. The molecule has 1 saturated heterocycles. The topological polar surface area (TPSA) is 71.8 Å². The van der Waals surface area contributed by atoms with E-state index >= 15 is 0 Å². The van der Waals surface area contributed by atoms with Gasteiger partial charge in [0.2, 0.25) is 10.0 Å². The van der Waals surface area contributed by atoms with Gasteiger partial charge in [-0.05, 0) is 36.3 Å². The Hall–Kier alpha value is -0.410. The van der Waals surface area contributed by atoms with Crippen molar-refractivity contribution in [3.05, 3.63) is 16.5 Å². The van der Waals surface area contributed by atoms with E-state index in [-0.39, 0.29) is 21.7 Å². The summed E-state index contributed by atoms with van der Waals surface area (Å²) in [5.74, 6) is 0.571. The van der Waals surface area contributed by atoms with E-state index in [2.05, 4.69) is 21.2 Å². The molecule has 1 aromatic heterocycles. The number of nitrogens with one attached hydrogen (secondary N) is 1. The Morgan fingerprint density at radius 1 is 1.55 bits per heavy atom. The maximum atomic E-state index is 12.7. The van der Waals surface area contributed by atoms with Crippen molar-refractivity contribution in [1.82, 2.24) is 9.62 Å². The second-order valence-electron chi connectivity index (χ2n) is 4.83. The third-order valence-corrected chi connectivity index (χ3v) is 6.26. The highest BCUT2D eigenvalue weighted by molar-refractivity contribution is 9.10. The molecule has 0 aliphatic carbocycles. The monoisotopic (exact) mass is 366 g/mol. The van der Waals surface area contributed by atoms with Crippen LogP contribution >= 0.6 is 15.9 Å². The molecule has 6 nitrogen and oxygen atoms in total. The summed E-state index contributed by atoms with van der Waals surface area (Å²) < 4.78 is 37.8. The molecular weight excluding hydrogens is 348 g/mol. The number of hydrogen-bond donors (Lipinski definition) is 1. The highest BCUT2D eigenvalue weighted by Gasteiger charge is 2.37. The van der Waals surface area contributed by atoms with Crippen LogP contribution < -0.4 is 5.32 Å². The third-order valence-electron chi connectivity index (χ3n) is 3.52. The summed E-state index contributed by atoms with van der Waals surface area (Å²) in [5.41, 5.74) is 0. The Bertz CT molecular complexity index is 572. The molecule has 0 radical (unpaired) electrons. The lowest BCUT2D eigenvalue weighted by atomic mass is 10.2. The smallest absolute Gasteiger partial charge is 0.247 e. The van der Waals surface area contributed by atoms with E-state index in [9.17, 15) is 8.42 Å².